The lowest BCUT2D eigenvalue weighted by atomic mass is 9.99. The number of nitrogens with one attached hydrogen (secondary N) is 1. The molecule has 1 aliphatic heterocycles. The van der Waals surface area contributed by atoms with Crippen LogP contribution in [0.5, 0.6) is 0 Å². The summed E-state index contributed by atoms with van der Waals surface area (Å²) in [5, 5.41) is 3.41. The fourth-order valence-corrected chi connectivity index (χ4v) is 5.25. The lowest BCUT2D eigenvalue weighted by Crippen LogP contribution is -2.36. The normalized spacial score (nSPS) is 14.3. The van der Waals surface area contributed by atoms with Gasteiger partial charge in [0.15, 0.2) is 0 Å². The van der Waals surface area contributed by atoms with Gasteiger partial charge in [0, 0.05) is 46.4 Å². The summed E-state index contributed by atoms with van der Waals surface area (Å²) in [6.45, 7) is 5.10. The second-order valence-electron chi connectivity index (χ2n) is 10.8. The first-order chi connectivity index (χ1) is 17.3. The highest BCUT2D eigenvalue weighted by molar-refractivity contribution is 5.76. The standard InChI is InChI=1S/C30H60N2O3/c1-34-27-19-13-9-5-3-7-11-15-21-29(31-30(33)23-26-32-24-17-18-25-32)22-16-12-8-4-6-10-14-20-28-35-2/h29H,3-28H2,1-2H3,(H,31,33). The average Bonchev–Trinajstić information content (AvgIpc) is 3.38. The molecule has 1 N–H and O–H groups in total. The van der Waals surface area contributed by atoms with E-state index < -0.39 is 0 Å². The molecule has 5 nitrogen and oxygen atoms in total. The quantitative estimate of drug-likeness (QED) is 0.128. The van der Waals surface area contributed by atoms with E-state index in [0.29, 0.717) is 12.5 Å². The number of hydrogen-bond donors (Lipinski definition) is 1. The minimum atomic E-state index is 0.272. The minimum Gasteiger partial charge on any atom is -0.385 e. The molecule has 1 saturated heterocycles. The van der Waals surface area contributed by atoms with Crippen molar-refractivity contribution < 1.29 is 14.3 Å². The zero-order chi connectivity index (χ0) is 25.2. The molecule has 0 spiro atoms. The highest BCUT2D eigenvalue weighted by Crippen LogP contribution is 2.16. The molecule has 0 aliphatic carbocycles. The lowest BCUT2D eigenvalue weighted by molar-refractivity contribution is -0.122. The molecule has 1 heterocycles. The maximum Gasteiger partial charge on any atom is 0.221 e. The smallest absolute Gasteiger partial charge is 0.221 e. The van der Waals surface area contributed by atoms with Crippen molar-refractivity contribution in [3.63, 3.8) is 0 Å². The van der Waals surface area contributed by atoms with Crippen LogP contribution in [0.1, 0.15) is 135 Å². The van der Waals surface area contributed by atoms with E-state index in [2.05, 4.69) is 10.2 Å². The summed E-state index contributed by atoms with van der Waals surface area (Å²) in [7, 11) is 3.58. The zero-order valence-electron chi connectivity index (χ0n) is 23.6. The molecule has 0 aromatic rings. The second kappa shape index (κ2) is 25.0. The van der Waals surface area contributed by atoms with Crippen molar-refractivity contribution in [2.45, 2.75) is 141 Å². The van der Waals surface area contributed by atoms with Crippen molar-refractivity contribution in [1.82, 2.24) is 10.2 Å². The van der Waals surface area contributed by atoms with Crippen LogP contribution in [0, 0.1) is 0 Å². The van der Waals surface area contributed by atoms with Gasteiger partial charge in [-0.2, -0.15) is 0 Å². The van der Waals surface area contributed by atoms with E-state index in [9.17, 15) is 4.79 Å². The van der Waals surface area contributed by atoms with Crippen LogP contribution in [0.4, 0.5) is 0 Å². The number of carbonyl (C=O) groups excluding carboxylic acids is 1. The Morgan fingerprint density at radius 2 is 1.06 bits per heavy atom. The predicted octanol–water partition coefficient (Wildman–Crippen LogP) is 7.27. The monoisotopic (exact) mass is 496 g/mol. The lowest BCUT2D eigenvalue weighted by Gasteiger charge is -2.20. The molecule has 0 radical (unpaired) electrons. The largest absolute Gasteiger partial charge is 0.385 e. The SMILES string of the molecule is COCCCCCCCCCCC(CCCCCCCCCCOC)NC(=O)CCN1CCCC1. The molecule has 0 aromatic carbocycles. The van der Waals surface area contributed by atoms with Gasteiger partial charge in [-0.15, -0.1) is 0 Å². The van der Waals surface area contributed by atoms with Crippen LogP contribution in [0.15, 0.2) is 0 Å². The van der Waals surface area contributed by atoms with Gasteiger partial charge in [0.25, 0.3) is 0 Å². The van der Waals surface area contributed by atoms with Gasteiger partial charge >= 0.3 is 0 Å². The second-order valence-corrected chi connectivity index (χ2v) is 10.8. The Morgan fingerprint density at radius 3 is 1.49 bits per heavy atom. The topological polar surface area (TPSA) is 50.8 Å². The van der Waals surface area contributed by atoms with E-state index in [4.69, 9.17) is 9.47 Å². The third-order valence-corrected chi connectivity index (χ3v) is 7.52. The van der Waals surface area contributed by atoms with Gasteiger partial charge in [0.05, 0.1) is 0 Å². The van der Waals surface area contributed by atoms with Gasteiger partial charge in [-0.1, -0.05) is 89.9 Å². The van der Waals surface area contributed by atoms with E-state index in [1.807, 2.05) is 0 Å². The van der Waals surface area contributed by atoms with Gasteiger partial charge in [-0.25, -0.2) is 0 Å². The fraction of sp³-hybridized carbons (Fsp3) is 0.967. The Kier molecular flexibility index (Phi) is 23.1. The Labute approximate surface area is 218 Å². The van der Waals surface area contributed by atoms with Crippen molar-refractivity contribution in [1.29, 1.82) is 0 Å². The Morgan fingerprint density at radius 1 is 0.657 bits per heavy atom. The molecule has 208 valence electrons. The van der Waals surface area contributed by atoms with Crippen molar-refractivity contribution in [2.24, 2.45) is 0 Å². The summed E-state index contributed by atoms with van der Waals surface area (Å²) < 4.78 is 10.2. The zero-order valence-corrected chi connectivity index (χ0v) is 23.6. The third-order valence-electron chi connectivity index (χ3n) is 7.52. The molecule has 35 heavy (non-hydrogen) atoms. The number of hydrogen-bond acceptors (Lipinski definition) is 4. The first kappa shape index (κ1) is 32.4. The number of unbranched alkanes of at least 4 members (excludes halogenated alkanes) is 14. The molecule has 1 fully saturated rings. The molecule has 0 aromatic heterocycles. The molecule has 1 amide bonds. The Bertz CT molecular complexity index is 431. The van der Waals surface area contributed by atoms with Crippen LogP contribution >= 0.6 is 0 Å². The highest BCUT2D eigenvalue weighted by Gasteiger charge is 2.15. The number of ether oxygens (including phenoxy) is 2. The highest BCUT2D eigenvalue weighted by atomic mass is 16.5. The number of amides is 1. The maximum atomic E-state index is 12.6. The fourth-order valence-electron chi connectivity index (χ4n) is 5.25. The van der Waals surface area contributed by atoms with Gasteiger partial charge in [0.1, 0.15) is 0 Å². The van der Waals surface area contributed by atoms with Crippen LogP contribution in [0.2, 0.25) is 0 Å². The summed E-state index contributed by atoms with van der Waals surface area (Å²) >= 11 is 0. The molecule has 0 unspecified atom stereocenters. The number of likely N-dealkylation sites (tertiary alicyclic amines) is 1. The molecule has 1 aliphatic rings. The van der Waals surface area contributed by atoms with Gasteiger partial charge in [-0.05, 0) is 51.6 Å². The van der Waals surface area contributed by atoms with Gasteiger partial charge in [0.2, 0.25) is 5.91 Å². The van der Waals surface area contributed by atoms with Crippen molar-refractivity contribution in [2.75, 3.05) is 47.1 Å². The van der Waals surface area contributed by atoms with E-state index >= 15 is 0 Å². The minimum absolute atomic E-state index is 0.272. The molecule has 0 saturated carbocycles. The van der Waals surface area contributed by atoms with E-state index in [1.54, 1.807) is 14.2 Å². The van der Waals surface area contributed by atoms with Crippen molar-refractivity contribution >= 4 is 5.91 Å². The van der Waals surface area contributed by atoms with Crippen LogP contribution in [0.25, 0.3) is 0 Å². The summed E-state index contributed by atoms with van der Waals surface area (Å²) in [5.74, 6) is 0.272. The maximum absolute atomic E-state index is 12.6. The van der Waals surface area contributed by atoms with E-state index in [0.717, 1.165) is 32.6 Å². The molecule has 5 heteroatoms. The van der Waals surface area contributed by atoms with E-state index in [1.165, 1.54) is 129 Å². The molecular weight excluding hydrogens is 436 g/mol. The number of rotatable bonds is 26. The van der Waals surface area contributed by atoms with Crippen molar-refractivity contribution in [3.05, 3.63) is 0 Å². The first-order valence-electron chi connectivity index (χ1n) is 15.3. The molecule has 0 atom stereocenters. The first-order valence-corrected chi connectivity index (χ1v) is 15.3. The molecule has 1 rings (SSSR count). The van der Waals surface area contributed by atoms with Crippen LogP contribution in [0.3, 0.4) is 0 Å². The Balaban J connectivity index is 2.15. The number of nitrogens with zero attached hydrogens (tertiary/aromatic N) is 1. The third kappa shape index (κ3) is 21.2. The number of methoxy groups -OCH3 is 2. The van der Waals surface area contributed by atoms with Crippen LogP contribution in [-0.4, -0.2) is 63.9 Å². The summed E-state index contributed by atoms with van der Waals surface area (Å²) in [6, 6.07) is 0.379. The van der Waals surface area contributed by atoms with E-state index in [-0.39, 0.29) is 5.91 Å². The molecule has 0 bridgehead atoms. The molecular formula is C30H60N2O3. The van der Waals surface area contributed by atoms with Gasteiger partial charge < -0.3 is 19.7 Å². The summed E-state index contributed by atoms with van der Waals surface area (Å²) in [6.07, 6.45) is 26.5. The Hall–Kier alpha value is -0.650. The number of carbonyl (C=O) groups is 1. The predicted molar refractivity (Wildman–Crippen MR) is 149 cm³/mol. The van der Waals surface area contributed by atoms with Crippen molar-refractivity contribution in [3.8, 4) is 0 Å². The van der Waals surface area contributed by atoms with Crippen LogP contribution in [-0.2, 0) is 14.3 Å². The average molecular weight is 497 g/mol. The van der Waals surface area contributed by atoms with Crippen LogP contribution < -0.4 is 5.32 Å². The summed E-state index contributed by atoms with van der Waals surface area (Å²) in [5.41, 5.74) is 0. The van der Waals surface area contributed by atoms with Gasteiger partial charge in [-0.3, -0.25) is 4.79 Å². The summed E-state index contributed by atoms with van der Waals surface area (Å²) in [4.78, 5) is 15.1.